The molecule has 2 heterocycles. The predicted octanol–water partition coefficient (Wildman–Crippen LogP) is 1.98. The molecule has 0 radical (unpaired) electrons. The third-order valence-corrected chi connectivity index (χ3v) is 4.06. The Balaban J connectivity index is 1.78. The zero-order valence-electron chi connectivity index (χ0n) is 10.8. The SMILES string of the molecule is O=C(Nc1ccccc1)Nc1ccnc2c1NS(=O)(=O)C2. The molecule has 0 unspecified atom stereocenters. The van der Waals surface area contributed by atoms with E-state index in [0.717, 1.165) is 0 Å². The summed E-state index contributed by atoms with van der Waals surface area (Å²) in [5, 5.41) is 5.27. The summed E-state index contributed by atoms with van der Waals surface area (Å²) in [6.45, 7) is 0. The van der Waals surface area contributed by atoms with Crippen molar-refractivity contribution in [2.24, 2.45) is 0 Å². The summed E-state index contributed by atoms with van der Waals surface area (Å²) in [4.78, 5) is 15.9. The molecule has 8 heteroatoms. The Morgan fingerprint density at radius 3 is 2.67 bits per heavy atom. The van der Waals surface area contributed by atoms with E-state index < -0.39 is 16.1 Å². The number of nitrogens with one attached hydrogen (secondary N) is 3. The molecule has 3 rings (SSSR count). The highest BCUT2D eigenvalue weighted by molar-refractivity contribution is 7.92. The van der Waals surface area contributed by atoms with Gasteiger partial charge in [-0.25, -0.2) is 13.2 Å². The maximum Gasteiger partial charge on any atom is 0.323 e. The van der Waals surface area contributed by atoms with Gasteiger partial charge in [0.25, 0.3) is 0 Å². The van der Waals surface area contributed by atoms with Gasteiger partial charge in [-0.15, -0.1) is 0 Å². The molecule has 0 saturated heterocycles. The van der Waals surface area contributed by atoms with Crippen molar-refractivity contribution in [2.75, 3.05) is 15.4 Å². The van der Waals surface area contributed by atoms with Crippen molar-refractivity contribution >= 4 is 33.1 Å². The number of hydrogen-bond acceptors (Lipinski definition) is 4. The van der Waals surface area contributed by atoms with Gasteiger partial charge in [0.15, 0.2) is 0 Å². The molecule has 0 saturated carbocycles. The van der Waals surface area contributed by atoms with Crippen LogP contribution in [0.4, 0.5) is 21.9 Å². The van der Waals surface area contributed by atoms with Crippen LogP contribution in [0.15, 0.2) is 42.6 Å². The van der Waals surface area contributed by atoms with E-state index in [-0.39, 0.29) is 5.75 Å². The van der Waals surface area contributed by atoms with Crippen molar-refractivity contribution in [1.82, 2.24) is 4.98 Å². The largest absolute Gasteiger partial charge is 0.323 e. The van der Waals surface area contributed by atoms with Crippen LogP contribution in [0.3, 0.4) is 0 Å². The van der Waals surface area contributed by atoms with Crippen molar-refractivity contribution in [3.63, 3.8) is 0 Å². The normalized spacial score (nSPS) is 14.9. The second-order valence-electron chi connectivity index (χ2n) is 4.49. The van der Waals surface area contributed by atoms with Crippen LogP contribution in [0.25, 0.3) is 0 Å². The quantitative estimate of drug-likeness (QED) is 0.789. The Bertz CT molecular complexity index is 790. The Labute approximate surface area is 121 Å². The molecule has 0 atom stereocenters. The number of amides is 2. The maximum atomic E-state index is 11.9. The third-order valence-electron chi connectivity index (χ3n) is 2.89. The molecule has 0 bridgehead atoms. The van der Waals surface area contributed by atoms with E-state index in [9.17, 15) is 13.2 Å². The van der Waals surface area contributed by atoms with E-state index in [4.69, 9.17) is 0 Å². The van der Waals surface area contributed by atoms with E-state index in [1.165, 1.54) is 12.3 Å². The minimum atomic E-state index is -3.41. The fraction of sp³-hybridized carbons (Fsp3) is 0.0769. The van der Waals surface area contributed by atoms with Gasteiger partial charge in [0, 0.05) is 11.9 Å². The van der Waals surface area contributed by atoms with E-state index in [2.05, 4.69) is 20.3 Å². The van der Waals surface area contributed by atoms with E-state index in [1.54, 1.807) is 24.3 Å². The average molecular weight is 304 g/mol. The summed E-state index contributed by atoms with van der Waals surface area (Å²) < 4.78 is 25.5. The monoisotopic (exact) mass is 304 g/mol. The van der Waals surface area contributed by atoms with E-state index in [0.29, 0.717) is 22.8 Å². The second kappa shape index (κ2) is 5.06. The van der Waals surface area contributed by atoms with Gasteiger partial charge in [-0.3, -0.25) is 9.71 Å². The summed E-state index contributed by atoms with van der Waals surface area (Å²) in [5.41, 5.74) is 1.73. The number of hydrogen-bond donors (Lipinski definition) is 3. The number of carbonyl (C=O) groups is 1. The summed E-state index contributed by atoms with van der Waals surface area (Å²) in [6, 6.07) is 10.0. The molecule has 7 nitrogen and oxygen atoms in total. The zero-order chi connectivity index (χ0) is 14.9. The molecule has 1 aromatic heterocycles. The molecule has 108 valence electrons. The van der Waals surface area contributed by atoms with Gasteiger partial charge in [0.2, 0.25) is 10.0 Å². The molecule has 2 amide bonds. The van der Waals surface area contributed by atoms with Gasteiger partial charge in [0.1, 0.15) is 5.75 Å². The Kier molecular flexibility index (Phi) is 3.22. The number of sulfonamides is 1. The second-order valence-corrected chi connectivity index (χ2v) is 6.21. The van der Waals surface area contributed by atoms with Crippen LogP contribution in [0.2, 0.25) is 0 Å². The number of carbonyl (C=O) groups excluding carboxylic acids is 1. The topological polar surface area (TPSA) is 100 Å². The maximum absolute atomic E-state index is 11.9. The van der Waals surface area contributed by atoms with Crippen molar-refractivity contribution in [3.8, 4) is 0 Å². The van der Waals surface area contributed by atoms with Gasteiger partial charge < -0.3 is 10.6 Å². The third kappa shape index (κ3) is 2.95. The first-order chi connectivity index (χ1) is 10.0. The first-order valence-corrected chi connectivity index (χ1v) is 7.80. The summed E-state index contributed by atoms with van der Waals surface area (Å²) >= 11 is 0. The Morgan fingerprint density at radius 2 is 1.90 bits per heavy atom. The lowest BCUT2D eigenvalue weighted by Gasteiger charge is -2.10. The molecule has 2 aromatic rings. The van der Waals surface area contributed by atoms with Crippen LogP contribution in [0.1, 0.15) is 5.69 Å². The highest BCUT2D eigenvalue weighted by atomic mass is 32.2. The lowest BCUT2D eigenvalue weighted by atomic mass is 10.3. The molecule has 1 aromatic carbocycles. The number of benzene rings is 1. The number of pyridine rings is 1. The van der Waals surface area contributed by atoms with Crippen molar-refractivity contribution in [2.45, 2.75) is 5.75 Å². The number of nitrogens with zero attached hydrogens (tertiary/aromatic N) is 1. The highest BCUT2D eigenvalue weighted by Gasteiger charge is 2.27. The summed E-state index contributed by atoms with van der Waals surface area (Å²) in [7, 11) is -3.41. The summed E-state index contributed by atoms with van der Waals surface area (Å²) in [5.74, 6) is -0.182. The zero-order valence-corrected chi connectivity index (χ0v) is 11.6. The number of fused-ring (bicyclic) bond motifs is 1. The minimum Gasteiger partial charge on any atom is -0.308 e. The number of para-hydroxylation sites is 1. The van der Waals surface area contributed by atoms with Crippen LogP contribution < -0.4 is 15.4 Å². The van der Waals surface area contributed by atoms with Crippen LogP contribution in [-0.4, -0.2) is 19.4 Å². The van der Waals surface area contributed by atoms with Crippen LogP contribution in [-0.2, 0) is 15.8 Å². The first kappa shape index (κ1) is 13.4. The van der Waals surface area contributed by atoms with Gasteiger partial charge in [-0.1, -0.05) is 18.2 Å². The minimum absolute atomic E-state index is 0.182. The van der Waals surface area contributed by atoms with Gasteiger partial charge in [-0.2, -0.15) is 0 Å². The standard InChI is InChI=1S/C13H12N4O3S/c18-13(15-9-4-2-1-3-5-9)16-10-6-7-14-11-8-21(19,20)17-12(10)11/h1-7,17H,8H2,(H2,14,15,16,18). The number of aromatic nitrogens is 1. The molecule has 0 aliphatic carbocycles. The van der Waals surface area contributed by atoms with Crippen LogP contribution in [0, 0.1) is 0 Å². The van der Waals surface area contributed by atoms with Crippen molar-refractivity contribution in [1.29, 1.82) is 0 Å². The first-order valence-electron chi connectivity index (χ1n) is 6.15. The van der Waals surface area contributed by atoms with Crippen molar-refractivity contribution in [3.05, 3.63) is 48.3 Å². The lowest BCUT2D eigenvalue weighted by molar-refractivity contribution is 0.262. The lowest BCUT2D eigenvalue weighted by Crippen LogP contribution is -2.20. The molecule has 3 N–H and O–H groups in total. The summed E-state index contributed by atoms with van der Waals surface area (Å²) in [6.07, 6.45) is 1.46. The molecular weight excluding hydrogens is 292 g/mol. The average Bonchev–Trinajstić information content (AvgIpc) is 2.75. The molecular formula is C13H12N4O3S. The highest BCUT2D eigenvalue weighted by Crippen LogP contribution is 2.32. The number of urea groups is 1. The van der Waals surface area contributed by atoms with Gasteiger partial charge in [-0.05, 0) is 18.2 Å². The predicted molar refractivity (Wildman–Crippen MR) is 79.6 cm³/mol. The molecule has 1 aliphatic rings. The van der Waals surface area contributed by atoms with E-state index in [1.807, 2.05) is 6.07 Å². The van der Waals surface area contributed by atoms with Crippen LogP contribution in [0.5, 0.6) is 0 Å². The molecule has 0 fully saturated rings. The molecule has 0 spiro atoms. The van der Waals surface area contributed by atoms with Crippen LogP contribution >= 0.6 is 0 Å². The Hall–Kier alpha value is -2.61. The molecule has 21 heavy (non-hydrogen) atoms. The van der Waals surface area contributed by atoms with Crippen molar-refractivity contribution < 1.29 is 13.2 Å². The number of anilines is 3. The van der Waals surface area contributed by atoms with E-state index >= 15 is 0 Å². The molecule has 1 aliphatic heterocycles. The smallest absolute Gasteiger partial charge is 0.308 e. The fourth-order valence-corrected chi connectivity index (χ4v) is 3.20. The fourth-order valence-electron chi connectivity index (χ4n) is 2.01. The Morgan fingerprint density at radius 1 is 1.14 bits per heavy atom. The van der Waals surface area contributed by atoms with Gasteiger partial charge in [0.05, 0.1) is 17.1 Å². The van der Waals surface area contributed by atoms with Gasteiger partial charge >= 0.3 is 6.03 Å². The number of rotatable bonds is 2.